The number of rotatable bonds is 1. The van der Waals surface area contributed by atoms with E-state index in [2.05, 4.69) is 40.1 Å². The summed E-state index contributed by atoms with van der Waals surface area (Å²) in [6.07, 6.45) is 10.3. The predicted octanol–water partition coefficient (Wildman–Crippen LogP) is 3.15. The molecule has 2 heterocycles. The fourth-order valence-electron chi connectivity index (χ4n) is 4.44. The lowest BCUT2D eigenvalue weighted by molar-refractivity contribution is 0.182. The average Bonchev–Trinajstić information content (AvgIpc) is 2.86. The summed E-state index contributed by atoms with van der Waals surface area (Å²) >= 11 is 0. The molecule has 2 aromatic rings. The lowest BCUT2D eigenvalue weighted by Crippen LogP contribution is -2.43. The van der Waals surface area contributed by atoms with Gasteiger partial charge in [0, 0.05) is 23.9 Å². The average molecular weight is 267 g/mol. The topological polar surface area (TPSA) is 29.0 Å². The van der Waals surface area contributed by atoms with E-state index in [0.29, 0.717) is 11.5 Å². The molecule has 3 nitrogen and oxygen atoms in total. The van der Waals surface area contributed by atoms with Crippen LogP contribution in [0, 0.1) is 0 Å². The highest BCUT2D eigenvalue weighted by Crippen LogP contribution is 2.48. The Balaban J connectivity index is 1.84. The lowest BCUT2D eigenvalue weighted by Gasteiger charge is -2.41. The van der Waals surface area contributed by atoms with E-state index < -0.39 is 0 Å². The number of fused-ring (bicyclic) bond motifs is 2. The molecular formula is C17H21N3. The third-order valence-corrected chi connectivity index (χ3v) is 5.48. The zero-order valence-electron chi connectivity index (χ0n) is 12.0. The number of likely N-dealkylation sites (N-methyl/N-ethyl adjacent to an activating group) is 1. The second-order valence-electron chi connectivity index (χ2n) is 6.41. The third kappa shape index (κ3) is 1.69. The Morgan fingerprint density at radius 3 is 2.85 bits per heavy atom. The highest BCUT2D eigenvalue weighted by molar-refractivity contribution is 5.75. The molecule has 1 aromatic carbocycles. The molecule has 0 amide bonds. The normalized spacial score (nSPS) is 30.6. The molecule has 0 bridgehead atoms. The SMILES string of the molecule is CN1CC[C@@]2(c3ccc4nccnc4c3)CCCC[C@@H]12. The standard InChI is InChI=1S/C17H21N3/c1-20-11-8-17(7-3-2-4-16(17)20)13-5-6-14-15(12-13)19-10-9-18-14/h5-6,9-10,12,16H,2-4,7-8,11H2,1H3/t16-,17-/m1/s1. The molecule has 0 N–H and O–H groups in total. The van der Waals surface area contributed by atoms with Crippen LogP contribution in [0.25, 0.3) is 11.0 Å². The second-order valence-corrected chi connectivity index (χ2v) is 6.41. The molecule has 2 fully saturated rings. The number of hydrogen-bond donors (Lipinski definition) is 0. The minimum atomic E-state index is 0.360. The van der Waals surface area contributed by atoms with Crippen molar-refractivity contribution < 1.29 is 0 Å². The monoisotopic (exact) mass is 267 g/mol. The van der Waals surface area contributed by atoms with E-state index in [1.165, 1.54) is 44.2 Å². The van der Waals surface area contributed by atoms with Crippen LogP contribution in [0.4, 0.5) is 0 Å². The van der Waals surface area contributed by atoms with Crippen molar-refractivity contribution in [3.63, 3.8) is 0 Å². The molecule has 4 rings (SSSR count). The summed E-state index contributed by atoms with van der Waals surface area (Å²) in [5.74, 6) is 0. The minimum Gasteiger partial charge on any atom is -0.302 e. The number of aromatic nitrogens is 2. The van der Waals surface area contributed by atoms with Crippen LogP contribution in [-0.2, 0) is 5.41 Å². The van der Waals surface area contributed by atoms with Crippen molar-refractivity contribution in [3.8, 4) is 0 Å². The van der Waals surface area contributed by atoms with Gasteiger partial charge in [0.1, 0.15) is 0 Å². The van der Waals surface area contributed by atoms with E-state index in [1.54, 1.807) is 12.4 Å². The highest BCUT2D eigenvalue weighted by Gasteiger charge is 2.48. The molecule has 1 aliphatic carbocycles. The van der Waals surface area contributed by atoms with Crippen LogP contribution in [0.15, 0.2) is 30.6 Å². The van der Waals surface area contributed by atoms with Crippen molar-refractivity contribution in [1.82, 2.24) is 14.9 Å². The van der Waals surface area contributed by atoms with Crippen molar-refractivity contribution >= 4 is 11.0 Å². The molecule has 1 aliphatic heterocycles. The lowest BCUT2D eigenvalue weighted by atomic mass is 9.66. The number of hydrogen-bond acceptors (Lipinski definition) is 3. The molecule has 0 spiro atoms. The maximum Gasteiger partial charge on any atom is 0.0889 e. The van der Waals surface area contributed by atoms with Gasteiger partial charge in [-0.1, -0.05) is 18.9 Å². The summed E-state index contributed by atoms with van der Waals surface area (Å²) < 4.78 is 0. The van der Waals surface area contributed by atoms with E-state index in [4.69, 9.17) is 0 Å². The van der Waals surface area contributed by atoms with Crippen molar-refractivity contribution in [2.24, 2.45) is 0 Å². The van der Waals surface area contributed by atoms with Crippen LogP contribution in [0.5, 0.6) is 0 Å². The summed E-state index contributed by atoms with van der Waals surface area (Å²) in [7, 11) is 2.29. The summed E-state index contributed by atoms with van der Waals surface area (Å²) in [4.78, 5) is 11.5. The van der Waals surface area contributed by atoms with Crippen molar-refractivity contribution in [1.29, 1.82) is 0 Å². The van der Waals surface area contributed by atoms with Gasteiger partial charge in [-0.15, -0.1) is 0 Å². The van der Waals surface area contributed by atoms with Crippen LogP contribution in [-0.4, -0.2) is 34.5 Å². The first-order valence-corrected chi connectivity index (χ1v) is 7.71. The fourth-order valence-corrected chi connectivity index (χ4v) is 4.44. The summed E-state index contributed by atoms with van der Waals surface area (Å²) in [5.41, 5.74) is 3.89. The Labute approximate surface area is 120 Å². The summed E-state index contributed by atoms with van der Waals surface area (Å²) in [5, 5.41) is 0. The smallest absolute Gasteiger partial charge is 0.0889 e. The van der Waals surface area contributed by atoms with Gasteiger partial charge in [-0.3, -0.25) is 9.97 Å². The van der Waals surface area contributed by atoms with E-state index >= 15 is 0 Å². The number of likely N-dealkylation sites (tertiary alicyclic amines) is 1. The molecule has 2 aliphatic rings. The Kier molecular flexibility index (Phi) is 2.77. The number of benzene rings is 1. The van der Waals surface area contributed by atoms with Crippen molar-refractivity contribution in [2.45, 2.75) is 43.6 Å². The number of nitrogens with zero attached hydrogens (tertiary/aromatic N) is 3. The zero-order valence-corrected chi connectivity index (χ0v) is 12.0. The van der Waals surface area contributed by atoms with Crippen molar-refractivity contribution in [2.75, 3.05) is 13.6 Å². The zero-order chi connectivity index (χ0) is 13.6. The Morgan fingerprint density at radius 2 is 1.95 bits per heavy atom. The summed E-state index contributed by atoms with van der Waals surface area (Å²) in [6, 6.07) is 7.45. The Morgan fingerprint density at radius 1 is 1.10 bits per heavy atom. The van der Waals surface area contributed by atoms with Gasteiger partial charge in [0.05, 0.1) is 11.0 Å². The summed E-state index contributed by atoms with van der Waals surface area (Å²) in [6.45, 7) is 1.23. The highest BCUT2D eigenvalue weighted by atomic mass is 15.2. The third-order valence-electron chi connectivity index (χ3n) is 5.48. The molecule has 1 saturated carbocycles. The first-order chi connectivity index (χ1) is 9.79. The first kappa shape index (κ1) is 12.3. The van der Waals surface area contributed by atoms with Crippen LogP contribution < -0.4 is 0 Å². The van der Waals surface area contributed by atoms with Crippen LogP contribution in [0.2, 0.25) is 0 Å². The minimum absolute atomic E-state index is 0.360. The molecule has 2 atom stereocenters. The molecule has 1 aromatic heterocycles. The first-order valence-electron chi connectivity index (χ1n) is 7.71. The van der Waals surface area contributed by atoms with Crippen LogP contribution >= 0.6 is 0 Å². The predicted molar refractivity (Wildman–Crippen MR) is 80.7 cm³/mol. The van der Waals surface area contributed by atoms with Gasteiger partial charge in [-0.05, 0) is 50.6 Å². The molecule has 1 saturated heterocycles. The molecule has 0 radical (unpaired) electrons. The molecule has 20 heavy (non-hydrogen) atoms. The molecule has 0 unspecified atom stereocenters. The maximum atomic E-state index is 4.49. The Bertz CT molecular complexity index is 635. The maximum absolute atomic E-state index is 4.49. The van der Waals surface area contributed by atoms with Crippen molar-refractivity contribution in [3.05, 3.63) is 36.2 Å². The molecule has 104 valence electrons. The van der Waals surface area contributed by atoms with Gasteiger partial charge in [0.2, 0.25) is 0 Å². The molecular weight excluding hydrogens is 246 g/mol. The van der Waals surface area contributed by atoms with Crippen LogP contribution in [0.3, 0.4) is 0 Å². The van der Waals surface area contributed by atoms with E-state index in [-0.39, 0.29) is 0 Å². The van der Waals surface area contributed by atoms with E-state index in [0.717, 1.165) is 11.0 Å². The van der Waals surface area contributed by atoms with Crippen LogP contribution in [0.1, 0.15) is 37.7 Å². The van der Waals surface area contributed by atoms with Gasteiger partial charge in [0.25, 0.3) is 0 Å². The molecule has 3 heteroatoms. The van der Waals surface area contributed by atoms with Gasteiger partial charge in [0.15, 0.2) is 0 Å². The second kappa shape index (κ2) is 4.52. The Hall–Kier alpha value is -1.48. The largest absolute Gasteiger partial charge is 0.302 e. The van der Waals surface area contributed by atoms with Gasteiger partial charge >= 0.3 is 0 Å². The van der Waals surface area contributed by atoms with Gasteiger partial charge in [-0.2, -0.15) is 0 Å². The quantitative estimate of drug-likeness (QED) is 0.795. The fraction of sp³-hybridized carbons (Fsp3) is 0.529. The van der Waals surface area contributed by atoms with E-state index in [9.17, 15) is 0 Å². The van der Waals surface area contributed by atoms with E-state index in [1.807, 2.05) is 0 Å². The van der Waals surface area contributed by atoms with Gasteiger partial charge in [-0.25, -0.2) is 0 Å². The van der Waals surface area contributed by atoms with Gasteiger partial charge < -0.3 is 4.90 Å².